The molecule has 3 rings (SSSR count). The molecule has 0 saturated heterocycles. The zero-order chi connectivity index (χ0) is 13.9. The lowest BCUT2D eigenvalue weighted by Gasteiger charge is -2.13. The summed E-state index contributed by atoms with van der Waals surface area (Å²) in [7, 11) is 0. The van der Waals surface area contributed by atoms with E-state index < -0.39 is 0 Å². The van der Waals surface area contributed by atoms with Crippen molar-refractivity contribution in [1.29, 1.82) is 0 Å². The highest BCUT2D eigenvalue weighted by atomic mass is 16.5. The molecule has 3 aromatic rings. The first-order valence-corrected chi connectivity index (χ1v) is 6.64. The highest BCUT2D eigenvalue weighted by Crippen LogP contribution is 2.35. The average Bonchev–Trinajstić information content (AvgIpc) is 2.48. The largest absolute Gasteiger partial charge is 0.507 e. The van der Waals surface area contributed by atoms with Gasteiger partial charge in [0.05, 0.1) is 0 Å². The predicted molar refractivity (Wildman–Crippen MR) is 81.1 cm³/mol. The van der Waals surface area contributed by atoms with Gasteiger partial charge in [0, 0.05) is 10.8 Å². The highest BCUT2D eigenvalue weighted by Gasteiger charge is 2.10. The number of benzene rings is 3. The Morgan fingerprint density at radius 2 is 1.55 bits per heavy atom. The summed E-state index contributed by atoms with van der Waals surface area (Å²) in [5, 5.41) is 11.8. The number of ether oxygens (including phenoxy) is 1. The minimum Gasteiger partial charge on any atom is -0.507 e. The Kier molecular flexibility index (Phi) is 3.30. The first kappa shape index (κ1) is 12.5. The van der Waals surface area contributed by atoms with Gasteiger partial charge >= 0.3 is 0 Å². The van der Waals surface area contributed by atoms with Gasteiger partial charge in [-0.1, -0.05) is 54.6 Å². The molecule has 3 aromatic carbocycles. The number of aromatic hydroxyl groups is 1. The molecule has 1 N–H and O–H groups in total. The van der Waals surface area contributed by atoms with E-state index in [0.717, 1.165) is 27.6 Å². The first-order chi connectivity index (χ1) is 9.75. The number of hydrogen-bond donors (Lipinski definition) is 1. The second kappa shape index (κ2) is 5.25. The standard InChI is InChI=1S/C18H16O2/c1-13-11-17(19)15-9-5-6-10-16(15)18(13)20-12-14-7-3-2-4-8-14/h2-11,19H,12H2,1H3. The molecule has 0 radical (unpaired) electrons. The van der Waals surface area contributed by atoms with Crippen molar-refractivity contribution in [1.82, 2.24) is 0 Å². The van der Waals surface area contributed by atoms with Gasteiger partial charge in [-0.05, 0) is 24.1 Å². The van der Waals surface area contributed by atoms with Crippen LogP contribution >= 0.6 is 0 Å². The van der Waals surface area contributed by atoms with Crippen LogP contribution in [-0.4, -0.2) is 5.11 Å². The maximum atomic E-state index is 10.0. The molecular formula is C18H16O2. The van der Waals surface area contributed by atoms with Crippen molar-refractivity contribution in [3.8, 4) is 11.5 Å². The molecule has 0 aliphatic carbocycles. The highest BCUT2D eigenvalue weighted by molar-refractivity contribution is 5.94. The molecule has 0 aliphatic heterocycles. The number of aryl methyl sites for hydroxylation is 1. The van der Waals surface area contributed by atoms with Gasteiger partial charge in [-0.25, -0.2) is 0 Å². The fraction of sp³-hybridized carbons (Fsp3) is 0.111. The zero-order valence-corrected chi connectivity index (χ0v) is 11.3. The third-order valence-corrected chi connectivity index (χ3v) is 3.39. The second-order valence-electron chi connectivity index (χ2n) is 4.86. The van der Waals surface area contributed by atoms with Crippen molar-refractivity contribution in [3.05, 3.63) is 71.8 Å². The van der Waals surface area contributed by atoms with Gasteiger partial charge in [-0.3, -0.25) is 0 Å². The quantitative estimate of drug-likeness (QED) is 0.758. The molecule has 0 bridgehead atoms. The molecule has 100 valence electrons. The van der Waals surface area contributed by atoms with E-state index in [1.807, 2.05) is 61.5 Å². The average molecular weight is 264 g/mol. The van der Waals surface area contributed by atoms with Gasteiger partial charge in [-0.2, -0.15) is 0 Å². The Bertz CT molecular complexity index is 733. The summed E-state index contributed by atoms with van der Waals surface area (Å²) >= 11 is 0. The number of phenols is 1. The Morgan fingerprint density at radius 3 is 2.30 bits per heavy atom. The van der Waals surface area contributed by atoms with Crippen LogP contribution < -0.4 is 4.74 Å². The fourth-order valence-corrected chi connectivity index (χ4v) is 2.39. The van der Waals surface area contributed by atoms with E-state index in [-0.39, 0.29) is 0 Å². The van der Waals surface area contributed by atoms with E-state index in [1.54, 1.807) is 6.07 Å². The molecule has 0 amide bonds. The summed E-state index contributed by atoms with van der Waals surface area (Å²) < 4.78 is 5.98. The third-order valence-electron chi connectivity index (χ3n) is 3.39. The molecule has 0 fully saturated rings. The molecule has 2 heteroatoms. The van der Waals surface area contributed by atoms with E-state index in [2.05, 4.69) is 0 Å². The molecule has 2 nitrogen and oxygen atoms in total. The van der Waals surface area contributed by atoms with E-state index >= 15 is 0 Å². The van der Waals surface area contributed by atoms with Gasteiger partial charge in [0.25, 0.3) is 0 Å². The first-order valence-electron chi connectivity index (χ1n) is 6.64. The number of hydrogen-bond acceptors (Lipinski definition) is 2. The lowest BCUT2D eigenvalue weighted by atomic mass is 10.0. The third kappa shape index (κ3) is 2.32. The molecule has 0 atom stereocenters. The normalized spacial score (nSPS) is 10.7. The van der Waals surface area contributed by atoms with Crippen LogP contribution in [0.5, 0.6) is 11.5 Å². The number of fused-ring (bicyclic) bond motifs is 1. The smallest absolute Gasteiger partial charge is 0.130 e. The van der Waals surface area contributed by atoms with Gasteiger partial charge < -0.3 is 9.84 Å². The van der Waals surface area contributed by atoms with E-state index in [0.29, 0.717) is 12.4 Å². The minimum absolute atomic E-state index is 0.296. The molecule has 0 aromatic heterocycles. The molecule has 20 heavy (non-hydrogen) atoms. The maximum absolute atomic E-state index is 10.0. The van der Waals surface area contributed by atoms with Crippen LogP contribution in [-0.2, 0) is 6.61 Å². The molecule has 0 heterocycles. The fourth-order valence-electron chi connectivity index (χ4n) is 2.39. The number of phenolic OH excluding ortho intramolecular Hbond substituents is 1. The Hall–Kier alpha value is -2.48. The van der Waals surface area contributed by atoms with Gasteiger partial charge in [0.2, 0.25) is 0 Å². The van der Waals surface area contributed by atoms with Gasteiger partial charge in [0.15, 0.2) is 0 Å². The SMILES string of the molecule is Cc1cc(O)c2ccccc2c1OCc1ccccc1. The lowest BCUT2D eigenvalue weighted by Crippen LogP contribution is -1.97. The molecule has 0 unspecified atom stereocenters. The monoisotopic (exact) mass is 264 g/mol. The second-order valence-corrected chi connectivity index (χ2v) is 4.86. The topological polar surface area (TPSA) is 29.5 Å². The van der Waals surface area contributed by atoms with Crippen molar-refractivity contribution in [2.75, 3.05) is 0 Å². The zero-order valence-electron chi connectivity index (χ0n) is 11.3. The van der Waals surface area contributed by atoms with Crippen LogP contribution in [0, 0.1) is 6.92 Å². The van der Waals surface area contributed by atoms with Crippen LogP contribution in [0.2, 0.25) is 0 Å². The van der Waals surface area contributed by atoms with E-state index in [4.69, 9.17) is 4.74 Å². The van der Waals surface area contributed by atoms with Crippen LogP contribution in [0.3, 0.4) is 0 Å². The van der Waals surface area contributed by atoms with Crippen molar-refractivity contribution in [2.24, 2.45) is 0 Å². The molecular weight excluding hydrogens is 248 g/mol. The molecule has 0 saturated carbocycles. The summed E-state index contributed by atoms with van der Waals surface area (Å²) in [4.78, 5) is 0. The Balaban J connectivity index is 1.99. The van der Waals surface area contributed by atoms with Crippen LogP contribution in [0.4, 0.5) is 0 Å². The van der Waals surface area contributed by atoms with Crippen molar-refractivity contribution in [3.63, 3.8) is 0 Å². The molecule has 0 aliphatic rings. The van der Waals surface area contributed by atoms with Gasteiger partial charge in [-0.15, -0.1) is 0 Å². The summed E-state index contributed by atoms with van der Waals surface area (Å²) in [6, 6.07) is 19.6. The maximum Gasteiger partial charge on any atom is 0.130 e. The predicted octanol–water partition coefficient (Wildman–Crippen LogP) is 4.43. The summed E-state index contributed by atoms with van der Waals surface area (Å²) in [5.74, 6) is 1.13. The molecule has 0 spiro atoms. The van der Waals surface area contributed by atoms with Crippen molar-refractivity contribution < 1.29 is 9.84 Å². The summed E-state index contributed by atoms with van der Waals surface area (Å²) in [6.45, 7) is 2.48. The van der Waals surface area contributed by atoms with Gasteiger partial charge in [0.1, 0.15) is 18.1 Å². The Labute approximate surface area is 118 Å². The van der Waals surface area contributed by atoms with E-state index in [9.17, 15) is 5.11 Å². The van der Waals surface area contributed by atoms with Crippen LogP contribution in [0.15, 0.2) is 60.7 Å². The lowest BCUT2D eigenvalue weighted by molar-refractivity contribution is 0.307. The van der Waals surface area contributed by atoms with Crippen molar-refractivity contribution in [2.45, 2.75) is 13.5 Å². The summed E-state index contributed by atoms with van der Waals surface area (Å²) in [5.41, 5.74) is 2.07. The van der Waals surface area contributed by atoms with Crippen LogP contribution in [0.25, 0.3) is 10.8 Å². The minimum atomic E-state index is 0.296. The summed E-state index contributed by atoms with van der Waals surface area (Å²) in [6.07, 6.45) is 0. The Morgan fingerprint density at radius 1 is 0.900 bits per heavy atom. The van der Waals surface area contributed by atoms with Crippen LogP contribution in [0.1, 0.15) is 11.1 Å². The van der Waals surface area contributed by atoms with Crippen molar-refractivity contribution >= 4 is 10.8 Å². The van der Waals surface area contributed by atoms with E-state index in [1.165, 1.54) is 0 Å². The number of rotatable bonds is 3.